The Labute approximate surface area is 115 Å². The van der Waals surface area contributed by atoms with E-state index < -0.39 is 0 Å². The van der Waals surface area contributed by atoms with Crippen molar-refractivity contribution < 1.29 is 0 Å². The number of pyridine rings is 1. The predicted octanol–water partition coefficient (Wildman–Crippen LogP) is 4.08. The number of alkyl halides is 1. The van der Waals surface area contributed by atoms with E-state index in [1.807, 2.05) is 12.3 Å². The molecule has 2 nitrogen and oxygen atoms in total. The lowest BCUT2D eigenvalue weighted by molar-refractivity contribution is 0.351. The summed E-state index contributed by atoms with van der Waals surface area (Å²) in [5.74, 6) is 3.33. The monoisotopic (exact) mass is 266 g/mol. The van der Waals surface area contributed by atoms with Crippen LogP contribution >= 0.6 is 11.6 Å². The van der Waals surface area contributed by atoms with Crippen LogP contribution in [0.1, 0.15) is 38.7 Å². The second-order valence-electron chi connectivity index (χ2n) is 5.58. The van der Waals surface area contributed by atoms with Gasteiger partial charge in [-0.05, 0) is 48.8 Å². The standard InChI is InChI=1S/C15H23ClN2/c1-12(2)14-4-3-8-18(9-6-14)15-10-13(11-16)5-7-17-15/h5,7,10,12,14H,3-4,6,8-9,11H2,1-2H3. The Bertz CT molecular complexity index is 379. The fourth-order valence-corrected chi connectivity index (χ4v) is 2.90. The third-order valence-corrected chi connectivity index (χ3v) is 4.31. The zero-order valence-corrected chi connectivity index (χ0v) is 12.2. The van der Waals surface area contributed by atoms with Gasteiger partial charge >= 0.3 is 0 Å². The fraction of sp³-hybridized carbons (Fsp3) is 0.667. The minimum Gasteiger partial charge on any atom is -0.357 e. The van der Waals surface area contributed by atoms with Crippen LogP contribution in [0.5, 0.6) is 0 Å². The molecule has 0 radical (unpaired) electrons. The molecule has 1 fully saturated rings. The highest BCUT2D eigenvalue weighted by molar-refractivity contribution is 6.17. The van der Waals surface area contributed by atoms with E-state index in [1.54, 1.807) is 0 Å². The summed E-state index contributed by atoms with van der Waals surface area (Å²) < 4.78 is 0. The Morgan fingerprint density at radius 2 is 2.22 bits per heavy atom. The zero-order valence-electron chi connectivity index (χ0n) is 11.4. The molecule has 2 rings (SSSR count). The first-order valence-corrected chi connectivity index (χ1v) is 7.50. The second-order valence-corrected chi connectivity index (χ2v) is 5.85. The van der Waals surface area contributed by atoms with Gasteiger partial charge in [0.15, 0.2) is 0 Å². The van der Waals surface area contributed by atoms with E-state index in [0.717, 1.165) is 36.3 Å². The summed E-state index contributed by atoms with van der Waals surface area (Å²) in [5, 5.41) is 0. The van der Waals surface area contributed by atoms with E-state index in [2.05, 4.69) is 29.8 Å². The van der Waals surface area contributed by atoms with Crippen molar-refractivity contribution in [2.75, 3.05) is 18.0 Å². The molecule has 2 heterocycles. The molecule has 18 heavy (non-hydrogen) atoms. The van der Waals surface area contributed by atoms with Gasteiger partial charge in [0.05, 0.1) is 0 Å². The van der Waals surface area contributed by atoms with Gasteiger partial charge in [-0.15, -0.1) is 11.6 Å². The van der Waals surface area contributed by atoms with Crippen LogP contribution in [0, 0.1) is 11.8 Å². The zero-order chi connectivity index (χ0) is 13.0. The molecule has 1 aromatic rings. The molecule has 0 N–H and O–H groups in total. The van der Waals surface area contributed by atoms with E-state index >= 15 is 0 Å². The molecule has 0 aliphatic carbocycles. The first-order valence-electron chi connectivity index (χ1n) is 6.96. The first-order chi connectivity index (χ1) is 8.70. The van der Waals surface area contributed by atoms with E-state index in [0.29, 0.717) is 5.88 Å². The molecule has 1 atom stereocenters. The highest BCUT2D eigenvalue weighted by atomic mass is 35.5. The molecule has 3 heteroatoms. The maximum Gasteiger partial charge on any atom is 0.128 e. The average Bonchev–Trinajstić information content (AvgIpc) is 2.64. The number of rotatable bonds is 3. The summed E-state index contributed by atoms with van der Waals surface area (Å²) in [6.45, 7) is 6.93. The van der Waals surface area contributed by atoms with Gasteiger partial charge in [-0.25, -0.2) is 4.98 Å². The summed E-state index contributed by atoms with van der Waals surface area (Å²) in [5.41, 5.74) is 1.16. The van der Waals surface area contributed by atoms with Crippen molar-refractivity contribution in [1.29, 1.82) is 0 Å². The molecule has 1 aromatic heterocycles. The van der Waals surface area contributed by atoms with Crippen molar-refractivity contribution in [1.82, 2.24) is 4.98 Å². The molecule has 1 saturated heterocycles. The summed E-state index contributed by atoms with van der Waals surface area (Å²) >= 11 is 5.89. The molecular weight excluding hydrogens is 244 g/mol. The lowest BCUT2D eigenvalue weighted by atomic mass is 9.89. The van der Waals surface area contributed by atoms with Crippen LogP contribution < -0.4 is 4.90 Å². The molecule has 1 aliphatic rings. The number of nitrogens with zero attached hydrogens (tertiary/aromatic N) is 2. The minimum absolute atomic E-state index is 0.567. The molecule has 1 unspecified atom stereocenters. The molecule has 100 valence electrons. The number of halogens is 1. The van der Waals surface area contributed by atoms with E-state index in [-0.39, 0.29) is 0 Å². The topological polar surface area (TPSA) is 16.1 Å². The van der Waals surface area contributed by atoms with Crippen LogP contribution in [0.3, 0.4) is 0 Å². The van der Waals surface area contributed by atoms with Crippen LogP contribution in [0.4, 0.5) is 5.82 Å². The SMILES string of the molecule is CC(C)C1CCCN(c2cc(CCl)ccn2)CC1. The third-order valence-electron chi connectivity index (χ3n) is 4.00. The van der Waals surface area contributed by atoms with Gasteiger partial charge < -0.3 is 4.90 Å². The average molecular weight is 267 g/mol. The van der Waals surface area contributed by atoms with Crippen LogP contribution in [0.15, 0.2) is 18.3 Å². The molecule has 0 bridgehead atoms. The number of aromatic nitrogens is 1. The number of anilines is 1. The summed E-state index contributed by atoms with van der Waals surface area (Å²) in [7, 11) is 0. The van der Waals surface area contributed by atoms with E-state index in [4.69, 9.17) is 11.6 Å². The van der Waals surface area contributed by atoms with Crippen LogP contribution in [0.25, 0.3) is 0 Å². The van der Waals surface area contributed by atoms with E-state index in [1.165, 1.54) is 19.3 Å². The summed E-state index contributed by atoms with van der Waals surface area (Å²) in [4.78, 5) is 6.90. The van der Waals surface area contributed by atoms with Gasteiger partial charge in [-0.3, -0.25) is 0 Å². The normalized spacial score (nSPS) is 21.1. The molecule has 0 aromatic carbocycles. The Morgan fingerprint density at radius 3 is 2.94 bits per heavy atom. The summed E-state index contributed by atoms with van der Waals surface area (Å²) in [6.07, 6.45) is 5.78. The van der Waals surface area contributed by atoms with Gasteiger partial charge in [0.1, 0.15) is 5.82 Å². The molecule has 0 spiro atoms. The highest BCUT2D eigenvalue weighted by Crippen LogP contribution is 2.26. The van der Waals surface area contributed by atoms with Crippen LogP contribution in [-0.4, -0.2) is 18.1 Å². The number of hydrogen-bond donors (Lipinski definition) is 0. The molecular formula is C15H23ClN2. The Hall–Kier alpha value is -0.760. The van der Waals surface area contributed by atoms with Gasteiger partial charge in [0, 0.05) is 25.2 Å². The van der Waals surface area contributed by atoms with Gasteiger partial charge in [-0.1, -0.05) is 13.8 Å². The van der Waals surface area contributed by atoms with Crippen molar-refractivity contribution in [3.05, 3.63) is 23.9 Å². The predicted molar refractivity (Wildman–Crippen MR) is 78.2 cm³/mol. The number of hydrogen-bond acceptors (Lipinski definition) is 2. The second kappa shape index (κ2) is 6.42. The molecule has 0 saturated carbocycles. The van der Waals surface area contributed by atoms with Crippen LogP contribution in [0.2, 0.25) is 0 Å². The lowest BCUT2D eigenvalue weighted by Gasteiger charge is -2.22. The Balaban J connectivity index is 2.04. The van der Waals surface area contributed by atoms with Crippen molar-refractivity contribution in [2.24, 2.45) is 11.8 Å². The third kappa shape index (κ3) is 3.38. The van der Waals surface area contributed by atoms with Crippen molar-refractivity contribution in [3.8, 4) is 0 Å². The maximum atomic E-state index is 5.89. The van der Waals surface area contributed by atoms with Crippen molar-refractivity contribution >= 4 is 17.4 Å². The lowest BCUT2D eigenvalue weighted by Crippen LogP contribution is -2.25. The van der Waals surface area contributed by atoms with Gasteiger partial charge in [-0.2, -0.15) is 0 Å². The minimum atomic E-state index is 0.567. The molecule has 0 amide bonds. The largest absolute Gasteiger partial charge is 0.357 e. The maximum absolute atomic E-state index is 5.89. The van der Waals surface area contributed by atoms with E-state index in [9.17, 15) is 0 Å². The van der Waals surface area contributed by atoms with Gasteiger partial charge in [0.25, 0.3) is 0 Å². The Kier molecular flexibility index (Phi) is 4.87. The smallest absolute Gasteiger partial charge is 0.128 e. The highest BCUT2D eigenvalue weighted by Gasteiger charge is 2.20. The first kappa shape index (κ1) is 13.7. The van der Waals surface area contributed by atoms with Gasteiger partial charge in [0.2, 0.25) is 0 Å². The van der Waals surface area contributed by atoms with Crippen LogP contribution in [-0.2, 0) is 5.88 Å². The quantitative estimate of drug-likeness (QED) is 0.767. The Morgan fingerprint density at radius 1 is 1.39 bits per heavy atom. The fourth-order valence-electron chi connectivity index (χ4n) is 2.73. The van der Waals surface area contributed by atoms with Crippen molar-refractivity contribution in [2.45, 2.75) is 39.0 Å². The summed E-state index contributed by atoms with van der Waals surface area (Å²) in [6, 6.07) is 4.12. The van der Waals surface area contributed by atoms with Crippen molar-refractivity contribution in [3.63, 3.8) is 0 Å². The molecule has 1 aliphatic heterocycles.